The summed E-state index contributed by atoms with van der Waals surface area (Å²) in [6, 6.07) is 9.37. The summed E-state index contributed by atoms with van der Waals surface area (Å²) in [5.74, 6) is 0. The van der Waals surface area contributed by atoms with E-state index in [1.165, 1.54) is 0 Å². The fourth-order valence-electron chi connectivity index (χ4n) is 2.53. The fourth-order valence-corrected chi connectivity index (χ4v) is 2.53. The first kappa shape index (κ1) is 13.7. The molecule has 4 nitrogen and oxygen atoms in total. The van der Waals surface area contributed by atoms with Gasteiger partial charge in [-0.1, -0.05) is 25.1 Å². The molecular formula is C16H17FN4. The number of nitrogens with zero attached hydrogens (tertiary/aromatic N) is 2. The number of aromatic amines is 1. The molecule has 0 spiro atoms. The Bertz CT molecular complexity index is 762. The molecule has 21 heavy (non-hydrogen) atoms. The zero-order valence-electron chi connectivity index (χ0n) is 11.8. The van der Waals surface area contributed by atoms with Crippen molar-refractivity contribution in [1.29, 1.82) is 0 Å². The summed E-state index contributed by atoms with van der Waals surface area (Å²) in [6.45, 7) is 1.78. The summed E-state index contributed by atoms with van der Waals surface area (Å²) in [5, 5.41) is 7.77. The van der Waals surface area contributed by atoms with Gasteiger partial charge in [0.05, 0.1) is 6.20 Å². The molecule has 0 saturated carbocycles. The molecule has 1 atom stereocenters. The molecule has 0 fully saturated rings. The minimum absolute atomic E-state index is 0.0234. The lowest BCUT2D eigenvalue weighted by Crippen LogP contribution is -2.29. The summed E-state index contributed by atoms with van der Waals surface area (Å²) >= 11 is 0. The second-order valence-corrected chi connectivity index (χ2v) is 5.09. The Morgan fingerprint density at radius 3 is 2.95 bits per heavy atom. The molecule has 3 rings (SSSR count). The number of pyridine rings is 1. The third-order valence-electron chi connectivity index (χ3n) is 3.93. The molecule has 3 N–H and O–H groups in total. The van der Waals surface area contributed by atoms with E-state index in [4.69, 9.17) is 5.73 Å². The number of fused-ring (bicyclic) bond motifs is 1. The second-order valence-electron chi connectivity index (χ2n) is 5.09. The van der Waals surface area contributed by atoms with Gasteiger partial charge in [-0.2, -0.15) is 5.10 Å². The lowest BCUT2D eigenvalue weighted by atomic mass is 9.90. The summed E-state index contributed by atoms with van der Waals surface area (Å²) in [4.78, 5) is 4.22. The zero-order valence-corrected chi connectivity index (χ0v) is 11.8. The molecule has 0 aliphatic heterocycles. The highest BCUT2D eigenvalue weighted by Crippen LogP contribution is 2.33. The van der Waals surface area contributed by atoms with Gasteiger partial charge >= 0.3 is 0 Å². The molecule has 5 heteroatoms. The monoisotopic (exact) mass is 284 g/mol. The molecule has 0 bridgehead atoms. The number of alkyl halides is 1. The van der Waals surface area contributed by atoms with Crippen LogP contribution >= 0.6 is 0 Å². The van der Waals surface area contributed by atoms with E-state index >= 15 is 0 Å². The third-order valence-corrected chi connectivity index (χ3v) is 3.93. The Kier molecular flexibility index (Phi) is 3.43. The molecule has 2 aromatic heterocycles. The van der Waals surface area contributed by atoms with Crippen molar-refractivity contribution >= 4 is 11.0 Å². The van der Waals surface area contributed by atoms with E-state index in [-0.39, 0.29) is 6.54 Å². The summed E-state index contributed by atoms with van der Waals surface area (Å²) in [6.07, 6.45) is 3.80. The van der Waals surface area contributed by atoms with E-state index < -0.39 is 5.67 Å². The molecule has 0 aliphatic rings. The van der Waals surface area contributed by atoms with Crippen LogP contribution in [0.2, 0.25) is 0 Å². The number of aromatic nitrogens is 3. The van der Waals surface area contributed by atoms with Crippen LogP contribution in [0, 0.1) is 0 Å². The Morgan fingerprint density at radius 1 is 1.33 bits per heavy atom. The number of hydrogen-bond donors (Lipinski definition) is 2. The lowest BCUT2D eigenvalue weighted by Gasteiger charge is -2.23. The maximum absolute atomic E-state index is 14.8. The van der Waals surface area contributed by atoms with Gasteiger partial charge in [-0.15, -0.1) is 0 Å². The average Bonchev–Trinajstić information content (AvgIpc) is 3.02. The molecule has 0 aliphatic carbocycles. The van der Waals surface area contributed by atoms with Crippen LogP contribution in [0.5, 0.6) is 0 Å². The molecular weight excluding hydrogens is 267 g/mol. The molecule has 3 aromatic rings. The van der Waals surface area contributed by atoms with Gasteiger partial charge in [0, 0.05) is 18.1 Å². The van der Waals surface area contributed by atoms with Crippen molar-refractivity contribution in [3.63, 3.8) is 0 Å². The van der Waals surface area contributed by atoms with Crippen LogP contribution in [-0.4, -0.2) is 21.7 Å². The lowest BCUT2D eigenvalue weighted by molar-refractivity contribution is 0.169. The number of H-pyrrole nitrogens is 1. The first-order valence-corrected chi connectivity index (χ1v) is 6.96. The molecule has 0 radical (unpaired) electrons. The average molecular weight is 284 g/mol. The molecule has 0 saturated heterocycles. The van der Waals surface area contributed by atoms with E-state index in [1.807, 2.05) is 24.3 Å². The van der Waals surface area contributed by atoms with Gasteiger partial charge in [0.2, 0.25) is 0 Å². The maximum Gasteiger partial charge on any atom is 0.155 e. The Morgan fingerprint density at radius 2 is 2.19 bits per heavy atom. The summed E-state index contributed by atoms with van der Waals surface area (Å²) < 4.78 is 14.8. The predicted octanol–water partition coefficient (Wildman–Crippen LogP) is 3.16. The van der Waals surface area contributed by atoms with E-state index in [0.717, 1.165) is 22.2 Å². The third kappa shape index (κ3) is 2.29. The molecule has 2 heterocycles. The van der Waals surface area contributed by atoms with Crippen molar-refractivity contribution in [3.05, 3.63) is 48.3 Å². The van der Waals surface area contributed by atoms with Crippen LogP contribution in [0.1, 0.15) is 18.9 Å². The quantitative estimate of drug-likeness (QED) is 0.773. The highest BCUT2D eigenvalue weighted by Gasteiger charge is 2.28. The van der Waals surface area contributed by atoms with Crippen molar-refractivity contribution in [3.8, 4) is 11.1 Å². The van der Waals surface area contributed by atoms with Crippen molar-refractivity contribution < 1.29 is 4.39 Å². The van der Waals surface area contributed by atoms with Gasteiger partial charge in [0.1, 0.15) is 5.67 Å². The smallest absolute Gasteiger partial charge is 0.155 e. The maximum atomic E-state index is 14.8. The SMILES string of the molecule is CCC(F)(CN)c1cccc(-c2ccnc3[nH]ncc23)c1. The van der Waals surface area contributed by atoms with E-state index in [0.29, 0.717) is 12.0 Å². The van der Waals surface area contributed by atoms with Gasteiger partial charge in [0.15, 0.2) is 5.65 Å². The number of halogens is 1. The van der Waals surface area contributed by atoms with Crippen molar-refractivity contribution in [2.75, 3.05) is 6.54 Å². The summed E-state index contributed by atoms with van der Waals surface area (Å²) in [5.41, 5.74) is 7.37. The van der Waals surface area contributed by atoms with Crippen LogP contribution < -0.4 is 5.73 Å². The molecule has 1 aromatic carbocycles. The highest BCUT2D eigenvalue weighted by atomic mass is 19.1. The normalized spacial score (nSPS) is 14.2. The van der Waals surface area contributed by atoms with Gasteiger partial charge in [-0.3, -0.25) is 5.10 Å². The van der Waals surface area contributed by atoms with Gasteiger partial charge < -0.3 is 5.73 Å². The molecule has 0 amide bonds. The first-order chi connectivity index (χ1) is 10.2. The van der Waals surface area contributed by atoms with Gasteiger partial charge in [-0.05, 0) is 35.2 Å². The Hall–Kier alpha value is -2.27. The van der Waals surface area contributed by atoms with Gasteiger partial charge in [0.25, 0.3) is 0 Å². The summed E-state index contributed by atoms with van der Waals surface area (Å²) in [7, 11) is 0. The number of rotatable bonds is 4. The highest BCUT2D eigenvalue weighted by molar-refractivity contribution is 5.92. The number of nitrogens with one attached hydrogen (secondary N) is 1. The van der Waals surface area contributed by atoms with Gasteiger partial charge in [-0.25, -0.2) is 9.37 Å². The second kappa shape index (κ2) is 5.26. The molecule has 1 unspecified atom stereocenters. The van der Waals surface area contributed by atoms with Crippen molar-refractivity contribution in [1.82, 2.24) is 15.2 Å². The van der Waals surface area contributed by atoms with E-state index in [9.17, 15) is 4.39 Å². The first-order valence-electron chi connectivity index (χ1n) is 6.96. The standard InChI is InChI=1S/C16H17FN4/c1-2-16(17,10-18)12-5-3-4-11(8-12)13-6-7-19-15-14(13)9-20-21-15/h3-9H,2,10,18H2,1H3,(H,19,20,21). The van der Waals surface area contributed by atoms with Crippen LogP contribution in [0.15, 0.2) is 42.7 Å². The van der Waals surface area contributed by atoms with Crippen LogP contribution in [0.3, 0.4) is 0 Å². The number of hydrogen-bond acceptors (Lipinski definition) is 3. The topological polar surface area (TPSA) is 67.6 Å². The fraction of sp³-hybridized carbons (Fsp3) is 0.250. The minimum Gasteiger partial charge on any atom is -0.327 e. The van der Waals surface area contributed by atoms with E-state index in [1.54, 1.807) is 25.4 Å². The zero-order chi connectivity index (χ0) is 14.9. The largest absolute Gasteiger partial charge is 0.327 e. The van der Waals surface area contributed by atoms with E-state index in [2.05, 4.69) is 15.2 Å². The van der Waals surface area contributed by atoms with Crippen LogP contribution in [0.4, 0.5) is 4.39 Å². The van der Waals surface area contributed by atoms with Crippen LogP contribution in [-0.2, 0) is 5.67 Å². The number of nitrogens with two attached hydrogens (primary N) is 1. The number of benzene rings is 1. The Balaban J connectivity index is 2.14. The van der Waals surface area contributed by atoms with Crippen molar-refractivity contribution in [2.45, 2.75) is 19.0 Å². The van der Waals surface area contributed by atoms with Crippen LogP contribution in [0.25, 0.3) is 22.2 Å². The minimum atomic E-state index is -1.49. The van der Waals surface area contributed by atoms with Crippen molar-refractivity contribution in [2.24, 2.45) is 5.73 Å². The molecule has 108 valence electrons. The predicted molar refractivity (Wildman–Crippen MR) is 81.5 cm³/mol. The Labute approximate surface area is 122 Å².